The lowest BCUT2D eigenvalue weighted by Crippen LogP contribution is -2.33. The zero-order chi connectivity index (χ0) is 9.31. The van der Waals surface area contributed by atoms with Gasteiger partial charge < -0.3 is 5.32 Å². The highest BCUT2D eigenvalue weighted by atomic mass is 35.5. The SMILES string of the molecule is CC1(c2cccc(F)c2)CCCN1.Cl. The summed E-state index contributed by atoms with van der Waals surface area (Å²) in [6, 6.07) is 6.87. The van der Waals surface area contributed by atoms with Crippen molar-refractivity contribution in [3.05, 3.63) is 35.6 Å². The van der Waals surface area contributed by atoms with Crippen molar-refractivity contribution < 1.29 is 4.39 Å². The van der Waals surface area contributed by atoms with E-state index in [0.29, 0.717) is 0 Å². The number of benzene rings is 1. The molecule has 78 valence electrons. The highest BCUT2D eigenvalue weighted by Crippen LogP contribution is 2.30. The molecule has 0 aromatic heterocycles. The number of rotatable bonds is 1. The van der Waals surface area contributed by atoms with Gasteiger partial charge in [0.1, 0.15) is 5.82 Å². The molecule has 0 bridgehead atoms. The van der Waals surface area contributed by atoms with Crippen molar-refractivity contribution in [3.8, 4) is 0 Å². The molecule has 1 aliphatic heterocycles. The fourth-order valence-electron chi connectivity index (χ4n) is 1.97. The Kier molecular flexibility index (Phi) is 3.51. The lowest BCUT2D eigenvalue weighted by atomic mass is 9.91. The van der Waals surface area contributed by atoms with Crippen molar-refractivity contribution in [1.29, 1.82) is 0 Å². The van der Waals surface area contributed by atoms with Gasteiger partial charge in [0.25, 0.3) is 0 Å². The first-order valence-corrected chi connectivity index (χ1v) is 4.72. The van der Waals surface area contributed by atoms with Crippen molar-refractivity contribution in [1.82, 2.24) is 5.32 Å². The van der Waals surface area contributed by atoms with Crippen LogP contribution in [0.2, 0.25) is 0 Å². The number of halogens is 2. The van der Waals surface area contributed by atoms with Gasteiger partial charge in [-0.2, -0.15) is 0 Å². The van der Waals surface area contributed by atoms with Crippen LogP contribution < -0.4 is 5.32 Å². The molecule has 0 radical (unpaired) electrons. The minimum absolute atomic E-state index is 0. The predicted molar refractivity (Wildman–Crippen MR) is 58.2 cm³/mol. The van der Waals surface area contributed by atoms with Crippen molar-refractivity contribution in [3.63, 3.8) is 0 Å². The molecule has 0 amide bonds. The van der Waals surface area contributed by atoms with Crippen LogP contribution in [-0.2, 0) is 5.54 Å². The highest BCUT2D eigenvalue weighted by molar-refractivity contribution is 5.85. The second kappa shape index (κ2) is 4.28. The molecule has 1 fully saturated rings. The second-order valence-corrected chi connectivity index (χ2v) is 3.87. The first kappa shape index (κ1) is 11.5. The third kappa shape index (κ3) is 2.07. The molecule has 1 nitrogen and oxygen atoms in total. The smallest absolute Gasteiger partial charge is 0.123 e. The van der Waals surface area contributed by atoms with E-state index in [4.69, 9.17) is 0 Å². The van der Waals surface area contributed by atoms with Gasteiger partial charge in [-0.3, -0.25) is 0 Å². The Hall–Kier alpha value is -0.600. The Morgan fingerprint density at radius 2 is 2.21 bits per heavy atom. The van der Waals surface area contributed by atoms with E-state index in [1.807, 2.05) is 6.07 Å². The van der Waals surface area contributed by atoms with E-state index < -0.39 is 0 Å². The Labute approximate surface area is 90.1 Å². The summed E-state index contributed by atoms with van der Waals surface area (Å²) in [5, 5.41) is 3.41. The first-order chi connectivity index (χ1) is 6.21. The van der Waals surface area contributed by atoms with Gasteiger partial charge in [0.05, 0.1) is 0 Å². The molecule has 1 aliphatic rings. The Bertz CT molecular complexity index is 308. The molecule has 1 unspecified atom stereocenters. The van der Waals surface area contributed by atoms with Gasteiger partial charge in [-0.05, 0) is 44.0 Å². The van der Waals surface area contributed by atoms with Crippen LogP contribution in [0.3, 0.4) is 0 Å². The molecule has 3 heteroatoms. The summed E-state index contributed by atoms with van der Waals surface area (Å²) in [6.07, 6.45) is 2.27. The fourth-order valence-corrected chi connectivity index (χ4v) is 1.97. The molecule has 0 spiro atoms. The molecular formula is C11H15ClFN. The third-order valence-electron chi connectivity index (χ3n) is 2.83. The summed E-state index contributed by atoms with van der Waals surface area (Å²) in [5.74, 6) is -0.146. The Morgan fingerprint density at radius 3 is 2.79 bits per heavy atom. The number of hydrogen-bond acceptors (Lipinski definition) is 1. The molecule has 0 aliphatic carbocycles. The van der Waals surface area contributed by atoms with Crippen LogP contribution in [0.15, 0.2) is 24.3 Å². The van der Waals surface area contributed by atoms with Crippen LogP contribution in [0.4, 0.5) is 4.39 Å². The van der Waals surface area contributed by atoms with Crippen molar-refractivity contribution in [2.45, 2.75) is 25.3 Å². The Balaban J connectivity index is 0.000000980. The van der Waals surface area contributed by atoms with E-state index in [9.17, 15) is 4.39 Å². The largest absolute Gasteiger partial charge is 0.308 e. The Morgan fingerprint density at radius 1 is 1.43 bits per heavy atom. The highest BCUT2D eigenvalue weighted by Gasteiger charge is 2.29. The maximum atomic E-state index is 13.0. The topological polar surface area (TPSA) is 12.0 Å². The van der Waals surface area contributed by atoms with Gasteiger partial charge >= 0.3 is 0 Å². The van der Waals surface area contributed by atoms with Crippen LogP contribution in [0.1, 0.15) is 25.3 Å². The average Bonchev–Trinajstić information content (AvgIpc) is 2.54. The molecule has 1 N–H and O–H groups in total. The molecule has 1 aromatic carbocycles. The zero-order valence-electron chi connectivity index (χ0n) is 8.22. The van der Waals surface area contributed by atoms with Crippen LogP contribution in [0, 0.1) is 5.82 Å². The van der Waals surface area contributed by atoms with Gasteiger partial charge in [0.15, 0.2) is 0 Å². The monoisotopic (exact) mass is 215 g/mol. The maximum absolute atomic E-state index is 13.0. The van der Waals surface area contributed by atoms with Gasteiger partial charge in [-0.15, -0.1) is 12.4 Å². The summed E-state index contributed by atoms with van der Waals surface area (Å²) in [6.45, 7) is 3.17. The van der Waals surface area contributed by atoms with E-state index in [0.717, 1.165) is 18.5 Å². The van der Waals surface area contributed by atoms with Crippen LogP contribution in [-0.4, -0.2) is 6.54 Å². The fraction of sp³-hybridized carbons (Fsp3) is 0.455. The van der Waals surface area contributed by atoms with Crippen LogP contribution in [0.25, 0.3) is 0 Å². The summed E-state index contributed by atoms with van der Waals surface area (Å²) in [7, 11) is 0. The standard InChI is InChI=1S/C11H14FN.ClH/c1-11(6-3-7-13-11)9-4-2-5-10(12)8-9;/h2,4-5,8,13H,3,6-7H2,1H3;1H. The van der Waals surface area contributed by atoms with E-state index >= 15 is 0 Å². The van der Waals surface area contributed by atoms with Gasteiger partial charge in [-0.25, -0.2) is 4.39 Å². The van der Waals surface area contributed by atoms with Gasteiger partial charge in [0.2, 0.25) is 0 Å². The minimum Gasteiger partial charge on any atom is -0.308 e. The third-order valence-corrected chi connectivity index (χ3v) is 2.83. The van der Waals surface area contributed by atoms with Gasteiger partial charge in [-0.1, -0.05) is 12.1 Å². The minimum atomic E-state index is -0.146. The number of nitrogens with one attached hydrogen (secondary N) is 1. The van der Waals surface area contributed by atoms with Crippen molar-refractivity contribution >= 4 is 12.4 Å². The number of hydrogen-bond donors (Lipinski definition) is 1. The molecule has 1 heterocycles. The lowest BCUT2D eigenvalue weighted by Gasteiger charge is -2.24. The molecule has 14 heavy (non-hydrogen) atoms. The molecule has 1 aromatic rings. The second-order valence-electron chi connectivity index (χ2n) is 3.87. The van der Waals surface area contributed by atoms with E-state index in [2.05, 4.69) is 12.2 Å². The van der Waals surface area contributed by atoms with E-state index in [-0.39, 0.29) is 23.8 Å². The molecule has 0 saturated carbocycles. The maximum Gasteiger partial charge on any atom is 0.123 e. The van der Waals surface area contributed by atoms with Crippen LogP contribution in [0.5, 0.6) is 0 Å². The molecule has 2 rings (SSSR count). The molecular weight excluding hydrogens is 201 g/mol. The first-order valence-electron chi connectivity index (χ1n) is 4.72. The summed E-state index contributed by atoms with van der Waals surface area (Å²) in [4.78, 5) is 0. The lowest BCUT2D eigenvalue weighted by molar-refractivity contribution is 0.431. The quantitative estimate of drug-likeness (QED) is 0.760. The van der Waals surface area contributed by atoms with E-state index in [1.165, 1.54) is 12.5 Å². The summed E-state index contributed by atoms with van der Waals surface area (Å²) < 4.78 is 13.0. The van der Waals surface area contributed by atoms with Crippen molar-refractivity contribution in [2.24, 2.45) is 0 Å². The molecule has 1 atom stereocenters. The summed E-state index contributed by atoms with van der Waals surface area (Å²) >= 11 is 0. The van der Waals surface area contributed by atoms with Crippen LogP contribution >= 0.6 is 12.4 Å². The van der Waals surface area contributed by atoms with E-state index in [1.54, 1.807) is 12.1 Å². The summed E-state index contributed by atoms with van der Waals surface area (Å²) in [5.41, 5.74) is 1.05. The van der Waals surface area contributed by atoms with Crippen molar-refractivity contribution in [2.75, 3.05) is 6.54 Å². The average molecular weight is 216 g/mol. The predicted octanol–water partition coefficient (Wildman–Crippen LogP) is 2.85. The van der Waals surface area contributed by atoms with Gasteiger partial charge in [0, 0.05) is 5.54 Å². The molecule has 1 saturated heterocycles. The normalized spacial score (nSPS) is 25.9. The zero-order valence-corrected chi connectivity index (χ0v) is 9.03.